The number of para-hydroxylation sites is 2. The Morgan fingerprint density at radius 1 is 0.719 bits per heavy atom. The molecule has 0 saturated heterocycles. The van der Waals surface area contributed by atoms with E-state index in [-0.39, 0.29) is 25.4 Å². The summed E-state index contributed by atoms with van der Waals surface area (Å²) < 4.78 is 32.0. The lowest BCUT2D eigenvalue weighted by Gasteiger charge is -2.09. The molecule has 0 aliphatic heterocycles. The number of hydrogen-bond donors (Lipinski definition) is 2. The van der Waals surface area contributed by atoms with Gasteiger partial charge in [-0.2, -0.15) is 0 Å². The first kappa shape index (κ1) is 27.6. The van der Waals surface area contributed by atoms with Gasteiger partial charge in [-0.15, -0.1) is 0 Å². The van der Waals surface area contributed by atoms with E-state index in [0.717, 1.165) is 0 Å². The monoisotopic (exact) mass is 457 g/mol. The van der Waals surface area contributed by atoms with Crippen molar-refractivity contribution in [2.24, 2.45) is 0 Å². The number of nitrogens with two attached hydrogens (primary N) is 1. The number of nitrogen functional groups attached to an aromatic ring is 1. The van der Waals surface area contributed by atoms with E-state index < -0.39 is 5.97 Å². The molecule has 0 aliphatic rings. The molecule has 0 saturated carbocycles. The van der Waals surface area contributed by atoms with Gasteiger partial charge in [0.25, 0.3) is 0 Å². The second-order valence-corrected chi connectivity index (χ2v) is 6.66. The van der Waals surface area contributed by atoms with Gasteiger partial charge < -0.3 is 39.3 Å². The zero-order valence-corrected chi connectivity index (χ0v) is 18.5. The van der Waals surface area contributed by atoms with E-state index in [2.05, 4.69) is 0 Å². The summed E-state index contributed by atoms with van der Waals surface area (Å²) in [6, 6.07) is 7.31. The lowest BCUT2D eigenvalue weighted by molar-refractivity contribution is -0.146. The second kappa shape index (κ2) is 19.3. The SMILES string of the molecule is Nc1ccccc1OCCOCCOCCOCCOCCOC(=O)CCCCC(=O)O. The first-order valence-electron chi connectivity index (χ1n) is 10.7. The van der Waals surface area contributed by atoms with Crippen LogP contribution in [0.4, 0.5) is 5.69 Å². The zero-order chi connectivity index (χ0) is 23.3. The van der Waals surface area contributed by atoms with Crippen molar-refractivity contribution in [3.8, 4) is 5.75 Å². The molecule has 1 aromatic rings. The quantitative estimate of drug-likeness (QED) is 0.160. The number of hydrogen-bond acceptors (Lipinski definition) is 9. The maximum absolute atomic E-state index is 11.4. The predicted octanol–water partition coefficient (Wildman–Crippen LogP) is 1.90. The van der Waals surface area contributed by atoms with E-state index in [1.54, 1.807) is 6.07 Å². The molecule has 0 atom stereocenters. The summed E-state index contributed by atoms with van der Waals surface area (Å²) in [6.45, 7) is 3.99. The maximum Gasteiger partial charge on any atom is 0.305 e. The van der Waals surface area contributed by atoms with Crippen molar-refractivity contribution in [3.63, 3.8) is 0 Å². The molecule has 3 N–H and O–H groups in total. The van der Waals surface area contributed by atoms with Gasteiger partial charge >= 0.3 is 11.9 Å². The van der Waals surface area contributed by atoms with E-state index in [9.17, 15) is 9.59 Å². The van der Waals surface area contributed by atoms with Crippen molar-refractivity contribution in [3.05, 3.63) is 24.3 Å². The third-order valence-corrected chi connectivity index (χ3v) is 4.03. The van der Waals surface area contributed by atoms with Crippen LogP contribution in [0.2, 0.25) is 0 Å². The summed E-state index contributed by atoms with van der Waals surface area (Å²) in [5.74, 6) is -0.550. The highest BCUT2D eigenvalue weighted by molar-refractivity contribution is 5.69. The fraction of sp³-hybridized carbons (Fsp3) is 0.636. The molecule has 1 rings (SSSR count). The Kier molecular flexibility index (Phi) is 16.7. The number of unbranched alkanes of at least 4 members (excludes halogenated alkanes) is 1. The average molecular weight is 458 g/mol. The number of aliphatic carboxylic acids is 1. The minimum atomic E-state index is -0.859. The van der Waals surface area contributed by atoms with Crippen LogP contribution < -0.4 is 10.5 Å². The van der Waals surface area contributed by atoms with Crippen molar-refractivity contribution in [2.75, 3.05) is 71.8 Å². The van der Waals surface area contributed by atoms with Gasteiger partial charge in [-0.05, 0) is 25.0 Å². The van der Waals surface area contributed by atoms with Gasteiger partial charge in [-0.25, -0.2) is 0 Å². The van der Waals surface area contributed by atoms with Crippen LogP contribution in [0.25, 0.3) is 0 Å². The van der Waals surface area contributed by atoms with Crippen molar-refractivity contribution >= 4 is 17.6 Å². The minimum Gasteiger partial charge on any atom is -0.489 e. The number of carbonyl (C=O) groups is 2. The van der Waals surface area contributed by atoms with Gasteiger partial charge in [0.05, 0.1) is 58.5 Å². The van der Waals surface area contributed by atoms with Gasteiger partial charge in [0.1, 0.15) is 19.0 Å². The van der Waals surface area contributed by atoms with Gasteiger partial charge in [-0.1, -0.05) is 12.1 Å². The molecule has 0 aliphatic carbocycles. The standard InChI is InChI=1S/C22H35NO9/c23-19-5-1-2-6-20(19)31-17-15-29-13-11-27-9-10-28-12-14-30-16-18-32-22(26)8-4-3-7-21(24)25/h1-2,5-6H,3-4,7-18,23H2,(H,24,25). The molecule has 0 spiro atoms. The number of carbonyl (C=O) groups excluding carboxylic acids is 1. The first-order valence-corrected chi connectivity index (χ1v) is 10.7. The molecule has 0 fully saturated rings. The van der Waals surface area contributed by atoms with Crippen LogP contribution in [0.5, 0.6) is 5.75 Å². The van der Waals surface area contributed by atoms with E-state index in [1.165, 1.54) is 0 Å². The summed E-state index contributed by atoms with van der Waals surface area (Å²) in [4.78, 5) is 21.8. The Hall–Kier alpha value is -2.40. The van der Waals surface area contributed by atoms with E-state index in [1.807, 2.05) is 18.2 Å². The van der Waals surface area contributed by atoms with Crippen LogP contribution in [-0.2, 0) is 33.3 Å². The third kappa shape index (κ3) is 16.3. The zero-order valence-electron chi connectivity index (χ0n) is 18.5. The summed E-state index contributed by atoms with van der Waals surface area (Å²) in [7, 11) is 0. The molecular formula is C22H35NO9. The number of esters is 1. The van der Waals surface area contributed by atoms with Crippen LogP contribution >= 0.6 is 0 Å². The van der Waals surface area contributed by atoms with Gasteiger partial charge in [-0.3, -0.25) is 9.59 Å². The van der Waals surface area contributed by atoms with E-state index in [0.29, 0.717) is 83.7 Å². The molecule has 10 nitrogen and oxygen atoms in total. The molecule has 0 unspecified atom stereocenters. The Morgan fingerprint density at radius 2 is 1.22 bits per heavy atom. The van der Waals surface area contributed by atoms with Crippen molar-refractivity contribution < 1.29 is 43.1 Å². The molecule has 0 radical (unpaired) electrons. The third-order valence-electron chi connectivity index (χ3n) is 4.03. The van der Waals surface area contributed by atoms with Crippen molar-refractivity contribution in [2.45, 2.75) is 25.7 Å². The molecule has 0 bridgehead atoms. The molecule has 0 amide bonds. The molecular weight excluding hydrogens is 422 g/mol. The smallest absolute Gasteiger partial charge is 0.305 e. The largest absolute Gasteiger partial charge is 0.489 e. The summed E-state index contributed by atoms with van der Waals surface area (Å²) in [5.41, 5.74) is 6.38. The van der Waals surface area contributed by atoms with E-state index in [4.69, 9.17) is 39.3 Å². The highest BCUT2D eigenvalue weighted by Gasteiger charge is 2.04. The number of ether oxygens (including phenoxy) is 6. The molecule has 32 heavy (non-hydrogen) atoms. The number of anilines is 1. The predicted molar refractivity (Wildman–Crippen MR) is 117 cm³/mol. The fourth-order valence-electron chi connectivity index (χ4n) is 2.42. The van der Waals surface area contributed by atoms with Crippen LogP contribution in [-0.4, -0.2) is 83.1 Å². The topological polar surface area (TPSA) is 136 Å². The Balaban J connectivity index is 1.75. The molecule has 0 aromatic heterocycles. The Labute approximate surface area is 188 Å². The number of carboxylic acids is 1. The van der Waals surface area contributed by atoms with Gasteiger partial charge in [0, 0.05) is 12.8 Å². The molecule has 0 heterocycles. The number of carboxylic acid groups (broad SMARTS) is 1. The summed E-state index contributed by atoms with van der Waals surface area (Å²) in [6.07, 6.45) is 1.26. The second-order valence-electron chi connectivity index (χ2n) is 6.66. The van der Waals surface area contributed by atoms with Crippen molar-refractivity contribution in [1.29, 1.82) is 0 Å². The minimum absolute atomic E-state index is 0.0656. The Morgan fingerprint density at radius 3 is 1.78 bits per heavy atom. The lowest BCUT2D eigenvalue weighted by atomic mass is 10.2. The van der Waals surface area contributed by atoms with E-state index >= 15 is 0 Å². The van der Waals surface area contributed by atoms with Gasteiger partial charge in [0.15, 0.2) is 0 Å². The number of rotatable bonds is 21. The summed E-state index contributed by atoms with van der Waals surface area (Å²) in [5, 5.41) is 8.51. The molecule has 10 heteroatoms. The van der Waals surface area contributed by atoms with Gasteiger partial charge in [0.2, 0.25) is 0 Å². The lowest BCUT2D eigenvalue weighted by Crippen LogP contribution is -2.15. The van der Waals surface area contributed by atoms with Crippen LogP contribution in [0.1, 0.15) is 25.7 Å². The highest BCUT2D eigenvalue weighted by Crippen LogP contribution is 2.19. The fourth-order valence-corrected chi connectivity index (χ4v) is 2.42. The molecule has 1 aromatic carbocycles. The Bertz CT molecular complexity index is 627. The summed E-state index contributed by atoms with van der Waals surface area (Å²) >= 11 is 0. The number of benzene rings is 1. The maximum atomic E-state index is 11.4. The van der Waals surface area contributed by atoms with Crippen LogP contribution in [0.15, 0.2) is 24.3 Å². The van der Waals surface area contributed by atoms with Crippen LogP contribution in [0.3, 0.4) is 0 Å². The normalized spacial score (nSPS) is 10.8. The van der Waals surface area contributed by atoms with Crippen molar-refractivity contribution in [1.82, 2.24) is 0 Å². The first-order chi connectivity index (χ1) is 15.6. The highest BCUT2D eigenvalue weighted by atomic mass is 16.6. The molecule has 182 valence electrons. The average Bonchev–Trinajstić information content (AvgIpc) is 2.77. The van der Waals surface area contributed by atoms with Crippen LogP contribution in [0, 0.1) is 0 Å².